The molecule has 0 aliphatic heterocycles. The van der Waals surface area contributed by atoms with E-state index in [1.807, 2.05) is 0 Å². The molecule has 216 valence electrons. The van der Waals surface area contributed by atoms with Crippen molar-refractivity contribution in [3.63, 3.8) is 0 Å². The maximum absolute atomic E-state index is 12.7. The van der Waals surface area contributed by atoms with Gasteiger partial charge in [0.25, 0.3) is 9.84 Å². The number of halogens is 6. The molecule has 0 aromatic heterocycles. The van der Waals surface area contributed by atoms with Crippen molar-refractivity contribution in [3.05, 3.63) is 59.7 Å². The fraction of sp³-hybridized carbons (Fsp3) is 0.273. The number of hydrogen-bond donors (Lipinski definition) is 5. The number of sulfone groups is 1. The molecule has 0 fully saturated rings. The zero-order chi connectivity index (χ0) is 29.5. The van der Waals surface area contributed by atoms with Crippen LogP contribution in [0.5, 0.6) is 0 Å². The van der Waals surface area contributed by atoms with Gasteiger partial charge in [0.15, 0.2) is 0 Å². The number of rotatable bonds is 7. The number of carboxylic acids is 1. The van der Waals surface area contributed by atoms with Crippen LogP contribution < -0.4 is 16.4 Å². The van der Waals surface area contributed by atoms with Gasteiger partial charge in [-0.1, -0.05) is 19.6 Å². The van der Waals surface area contributed by atoms with Gasteiger partial charge in [0.2, 0.25) is 11.8 Å². The number of nitrogen functional groups attached to an aromatic ring is 1. The number of carbonyl (C=O) groups is 3. The predicted octanol–water partition coefficient (Wildman–Crippen LogP) is 3.74. The zero-order valence-corrected chi connectivity index (χ0v) is 20.0. The molecule has 0 saturated heterocycles. The molecule has 6 N–H and O–H groups in total. The second kappa shape index (κ2) is 13.6. The van der Waals surface area contributed by atoms with E-state index in [0.717, 1.165) is 18.2 Å². The molecule has 0 aliphatic carbocycles. The van der Waals surface area contributed by atoms with E-state index in [1.165, 1.54) is 37.3 Å². The van der Waals surface area contributed by atoms with Gasteiger partial charge in [-0.05, 0) is 48.9 Å². The van der Waals surface area contributed by atoms with Crippen LogP contribution in [0.25, 0.3) is 0 Å². The Bertz CT molecular complexity index is 1300. The van der Waals surface area contributed by atoms with Gasteiger partial charge in [0.05, 0.1) is 10.9 Å². The first kappa shape index (κ1) is 34.9. The highest BCUT2D eigenvalue weighted by Gasteiger charge is 2.47. The number of hydrogen-bond acceptors (Lipinski definition) is 6. The minimum atomic E-state index is -5.52. The van der Waals surface area contributed by atoms with Crippen molar-refractivity contribution in [3.8, 4) is 0 Å². The lowest BCUT2D eigenvalue weighted by molar-refractivity contribution is -0.192. The van der Waals surface area contributed by atoms with E-state index in [-0.39, 0.29) is 18.8 Å². The predicted molar refractivity (Wildman–Crippen MR) is 127 cm³/mol. The molecule has 2 aromatic rings. The summed E-state index contributed by atoms with van der Waals surface area (Å²) in [7, 11) is -5.52. The Morgan fingerprint density at radius 1 is 1.00 bits per heavy atom. The second-order valence-corrected chi connectivity index (χ2v) is 9.27. The quantitative estimate of drug-likeness (QED) is 0.142. The van der Waals surface area contributed by atoms with E-state index in [9.17, 15) is 44.3 Å². The van der Waals surface area contributed by atoms with Gasteiger partial charge in [0, 0.05) is 11.3 Å². The van der Waals surface area contributed by atoms with Gasteiger partial charge in [-0.25, -0.2) is 13.2 Å². The van der Waals surface area contributed by atoms with Gasteiger partial charge in [-0.2, -0.15) is 26.3 Å². The molecule has 0 spiro atoms. The minimum Gasteiger partial charge on any atom is -0.475 e. The van der Waals surface area contributed by atoms with Gasteiger partial charge in [-0.3, -0.25) is 15.0 Å². The van der Waals surface area contributed by atoms with Gasteiger partial charge < -0.3 is 21.5 Å². The molecule has 0 unspecified atom stereocenters. The van der Waals surface area contributed by atoms with Crippen molar-refractivity contribution < 1.29 is 54.3 Å². The molecule has 0 heterocycles. The van der Waals surface area contributed by atoms with Crippen molar-refractivity contribution >= 4 is 39.1 Å². The maximum atomic E-state index is 12.7. The number of aliphatic carboxylic acids is 1. The van der Waals surface area contributed by atoms with Crippen molar-refractivity contribution in [1.29, 1.82) is 5.41 Å². The molecular weight excluding hydrogens is 562 g/mol. The normalized spacial score (nSPS) is 12.1. The van der Waals surface area contributed by atoms with Crippen LogP contribution in [0.3, 0.4) is 0 Å². The number of nitrogens with two attached hydrogens (primary N) is 1. The van der Waals surface area contributed by atoms with E-state index in [0.29, 0.717) is 11.3 Å². The Labute approximate surface area is 218 Å². The lowest BCUT2D eigenvalue weighted by Gasteiger charge is -2.16. The van der Waals surface area contributed by atoms with Crippen LogP contribution in [-0.4, -0.2) is 48.8 Å². The highest BCUT2D eigenvalue weighted by atomic mass is 32.2. The Morgan fingerprint density at radius 2 is 1.51 bits per heavy atom. The first-order chi connectivity index (χ1) is 17.3. The summed E-state index contributed by atoms with van der Waals surface area (Å²) in [5.41, 5.74) is 0.845. The number of carboxylic acid groups (broad SMARTS) is 1. The largest absolute Gasteiger partial charge is 0.501 e. The van der Waals surface area contributed by atoms with Crippen LogP contribution in [0.2, 0.25) is 0 Å². The molecule has 1 atom stereocenters. The first-order valence-corrected chi connectivity index (χ1v) is 11.5. The molecule has 0 saturated carbocycles. The first-order valence-electron chi connectivity index (χ1n) is 10.0. The van der Waals surface area contributed by atoms with Crippen molar-refractivity contribution in [2.45, 2.75) is 43.4 Å². The monoisotopic (exact) mass is 586 g/mol. The van der Waals surface area contributed by atoms with Crippen molar-refractivity contribution in [1.82, 2.24) is 5.32 Å². The fourth-order valence-corrected chi connectivity index (χ4v) is 3.36. The third-order valence-electron chi connectivity index (χ3n) is 4.39. The summed E-state index contributed by atoms with van der Waals surface area (Å²) in [5.74, 6) is -4.26. The Hall–Kier alpha value is -4.15. The van der Waals surface area contributed by atoms with Gasteiger partial charge in [0.1, 0.15) is 12.3 Å². The third kappa shape index (κ3) is 10.6. The highest BCUT2D eigenvalue weighted by Crippen LogP contribution is 2.31. The van der Waals surface area contributed by atoms with Crippen LogP contribution in [0, 0.1) is 5.41 Å². The summed E-state index contributed by atoms with van der Waals surface area (Å²) in [5, 5.41) is 19.3. The van der Waals surface area contributed by atoms with Crippen LogP contribution in [-0.2, 0) is 24.2 Å². The summed E-state index contributed by atoms with van der Waals surface area (Å²) >= 11 is 0. The molecule has 0 bridgehead atoms. The zero-order valence-electron chi connectivity index (χ0n) is 19.1. The van der Waals surface area contributed by atoms with E-state index in [1.54, 1.807) is 0 Å². The van der Waals surface area contributed by atoms with Crippen LogP contribution in [0.4, 0.5) is 32.0 Å². The lowest BCUT2D eigenvalue weighted by Crippen LogP contribution is -2.30. The number of anilines is 1. The molecule has 0 radical (unpaired) electrons. The van der Waals surface area contributed by atoms with Crippen LogP contribution in [0.15, 0.2) is 53.4 Å². The summed E-state index contributed by atoms with van der Waals surface area (Å²) in [4.78, 5) is 32.1. The summed E-state index contributed by atoms with van der Waals surface area (Å²) < 4.78 is 93.0. The molecule has 10 nitrogen and oxygen atoms in total. The van der Waals surface area contributed by atoms with Crippen molar-refractivity contribution in [2.75, 3.05) is 5.32 Å². The average Bonchev–Trinajstić information content (AvgIpc) is 2.78. The molecule has 2 rings (SSSR count). The Balaban J connectivity index is 0.00000159. The molecule has 2 amide bonds. The van der Waals surface area contributed by atoms with E-state index in [4.69, 9.17) is 21.0 Å². The number of amides is 2. The van der Waals surface area contributed by atoms with E-state index >= 15 is 0 Å². The fourth-order valence-electron chi connectivity index (χ4n) is 2.54. The summed E-state index contributed by atoms with van der Waals surface area (Å²) in [6.07, 6.45) is -5.65. The number of alkyl halides is 6. The molecule has 39 heavy (non-hydrogen) atoms. The molecule has 2 aromatic carbocycles. The van der Waals surface area contributed by atoms with E-state index < -0.39 is 56.7 Å². The van der Waals surface area contributed by atoms with Crippen LogP contribution >= 0.6 is 0 Å². The Kier molecular flexibility index (Phi) is 12.1. The smallest absolute Gasteiger partial charge is 0.475 e. The topological polar surface area (TPSA) is 180 Å². The third-order valence-corrected chi connectivity index (χ3v) is 5.88. The minimum absolute atomic E-state index is 0. The lowest BCUT2D eigenvalue weighted by atomic mass is 10.1. The standard InChI is InChI=1S/C19H19F3N4O4S.C2HF3O2.CH4/c1-11(13-3-2-4-15(9-13)31(29,30)19(20,21)22)25-16(27)10-17(28)26-14-7-5-12(6-8-14)18(23)24;3-2(4,5)1(6)7;/h2-9,11H,10H2,1H3,(H3,23,24)(H,25,27)(H,26,28);(H,6,7);1H4/t11-;;/m0../s1. The van der Waals surface area contributed by atoms with Gasteiger partial charge in [-0.15, -0.1) is 0 Å². The summed E-state index contributed by atoms with van der Waals surface area (Å²) in [6.45, 7) is 1.44. The average molecular weight is 587 g/mol. The molecular formula is C22H24F6N4O6S. The van der Waals surface area contributed by atoms with Crippen LogP contribution in [0.1, 0.15) is 37.9 Å². The highest BCUT2D eigenvalue weighted by molar-refractivity contribution is 7.92. The summed E-state index contributed by atoms with van der Waals surface area (Å²) in [6, 6.07) is 9.31. The maximum Gasteiger partial charge on any atom is 0.501 e. The van der Waals surface area contributed by atoms with Gasteiger partial charge >= 0.3 is 17.7 Å². The van der Waals surface area contributed by atoms with E-state index in [2.05, 4.69) is 10.6 Å². The number of benzene rings is 2. The SMILES string of the molecule is C.C[C@H](NC(=O)CC(=O)Nc1ccc(C(=N)N)cc1)c1cccc(S(=O)(=O)C(F)(F)F)c1.O=C(O)C(F)(F)F. The molecule has 0 aliphatic rings. The number of amidine groups is 1. The second-order valence-electron chi connectivity index (χ2n) is 7.33. The number of nitrogens with one attached hydrogen (secondary N) is 3. The molecule has 17 heteroatoms. The Morgan fingerprint density at radius 3 is 1.95 bits per heavy atom. The van der Waals surface area contributed by atoms with Crippen molar-refractivity contribution in [2.24, 2.45) is 5.73 Å². The number of carbonyl (C=O) groups excluding carboxylic acids is 2.